The van der Waals surface area contributed by atoms with Crippen LogP contribution >= 0.6 is 35.6 Å². The molecule has 8 heteroatoms. The van der Waals surface area contributed by atoms with Gasteiger partial charge in [-0.2, -0.15) is 0 Å². The maximum atomic E-state index is 14.1. The monoisotopic (exact) mass is 520 g/mol. The number of hydrogen-bond acceptors (Lipinski definition) is 3. The third-order valence-electron chi connectivity index (χ3n) is 4.49. The molecule has 0 radical (unpaired) electrons. The number of aromatic nitrogens is 1. The summed E-state index contributed by atoms with van der Waals surface area (Å²) in [6, 6.07) is 4.90. The first-order chi connectivity index (χ1) is 12.8. The molecular weight excluding hydrogens is 494 g/mol. The predicted octanol–water partition coefficient (Wildman–Crippen LogP) is 4.99. The number of nitrogens with zero attached hydrogens (tertiary/aromatic N) is 2. The van der Waals surface area contributed by atoms with Gasteiger partial charge in [-0.15, -0.1) is 24.0 Å². The van der Waals surface area contributed by atoms with E-state index in [4.69, 9.17) is 16.0 Å². The van der Waals surface area contributed by atoms with Crippen LogP contribution in [0.5, 0.6) is 0 Å². The first kappa shape index (κ1) is 22.9. The van der Waals surface area contributed by atoms with Crippen LogP contribution in [0.15, 0.2) is 33.8 Å². The lowest BCUT2D eigenvalue weighted by Crippen LogP contribution is -2.39. The summed E-state index contributed by atoms with van der Waals surface area (Å²) >= 11 is 6.17. The number of guanidine groups is 1. The molecule has 1 aliphatic carbocycles. The lowest BCUT2D eigenvalue weighted by atomic mass is 9.94. The highest BCUT2D eigenvalue weighted by Crippen LogP contribution is 2.44. The second kappa shape index (κ2) is 9.43. The van der Waals surface area contributed by atoms with Crippen LogP contribution in [-0.4, -0.2) is 23.5 Å². The first-order valence-electron chi connectivity index (χ1n) is 9.23. The molecule has 28 heavy (non-hydrogen) atoms. The lowest BCUT2D eigenvalue weighted by molar-refractivity contribution is 0.383. The van der Waals surface area contributed by atoms with Crippen molar-refractivity contribution in [1.29, 1.82) is 0 Å². The standard InChI is InChI=1S/C20H26ClFN4O.HI/c1-5-23-19(25-11-17-24-10-16(27-17)20(2,3)4)26-15-9-12(15)18-13(21)7-6-8-14(18)22;/h6-8,10,12,15H,5,9,11H2,1-4H3,(H2,23,25,26);1H. The highest BCUT2D eigenvalue weighted by atomic mass is 127. The Balaban J connectivity index is 0.00000280. The zero-order valence-corrected chi connectivity index (χ0v) is 19.6. The Hall–Kier alpha value is -1.35. The van der Waals surface area contributed by atoms with Gasteiger partial charge >= 0.3 is 0 Å². The summed E-state index contributed by atoms with van der Waals surface area (Å²) in [4.78, 5) is 8.84. The SMILES string of the molecule is CCNC(=NCc1ncc(C(C)(C)C)o1)NC1CC1c1c(F)cccc1Cl.I. The Kier molecular flexibility index (Phi) is 7.73. The Labute approximate surface area is 187 Å². The molecular formula is C20H27ClFIN4O. The van der Waals surface area contributed by atoms with Crippen molar-refractivity contribution in [2.45, 2.75) is 58.0 Å². The zero-order valence-electron chi connectivity index (χ0n) is 16.6. The van der Waals surface area contributed by atoms with Crippen molar-refractivity contribution in [2.24, 2.45) is 4.99 Å². The number of rotatable bonds is 5. The van der Waals surface area contributed by atoms with Crippen LogP contribution in [0.2, 0.25) is 5.02 Å². The van der Waals surface area contributed by atoms with Gasteiger partial charge in [0.25, 0.3) is 0 Å². The van der Waals surface area contributed by atoms with Crippen molar-refractivity contribution >= 4 is 41.5 Å². The number of oxazole rings is 1. The molecule has 3 rings (SSSR count). The summed E-state index contributed by atoms with van der Waals surface area (Å²) in [5.41, 5.74) is 0.493. The number of halogens is 3. The topological polar surface area (TPSA) is 62.5 Å². The van der Waals surface area contributed by atoms with Crippen molar-refractivity contribution < 1.29 is 8.81 Å². The fourth-order valence-electron chi connectivity index (χ4n) is 2.91. The van der Waals surface area contributed by atoms with Gasteiger partial charge in [0.15, 0.2) is 5.96 Å². The Morgan fingerprint density at radius 2 is 2.14 bits per heavy atom. The highest BCUT2D eigenvalue weighted by Gasteiger charge is 2.41. The third kappa shape index (κ3) is 5.59. The third-order valence-corrected chi connectivity index (χ3v) is 4.82. The molecule has 154 valence electrons. The van der Waals surface area contributed by atoms with E-state index in [1.807, 2.05) is 6.92 Å². The summed E-state index contributed by atoms with van der Waals surface area (Å²) in [6.07, 6.45) is 2.57. The average molecular weight is 521 g/mol. The van der Waals surface area contributed by atoms with Gasteiger partial charge in [-0.05, 0) is 25.5 Å². The van der Waals surface area contributed by atoms with Crippen LogP contribution in [0.3, 0.4) is 0 Å². The summed E-state index contributed by atoms with van der Waals surface area (Å²) < 4.78 is 19.9. The Morgan fingerprint density at radius 3 is 2.75 bits per heavy atom. The molecule has 2 atom stereocenters. The van der Waals surface area contributed by atoms with Gasteiger partial charge in [0, 0.05) is 34.5 Å². The van der Waals surface area contributed by atoms with E-state index in [1.54, 1.807) is 18.3 Å². The number of nitrogens with one attached hydrogen (secondary N) is 2. The van der Waals surface area contributed by atoms with E-state index in [1.165, 1.54) is 6.07 Å². The van der Waals surface area contributed by atoms with E-state index in [9.17, 15) is 4.39 Å². The molecule has 0 spiro atoms. The summed E-state index contributed by atoms with van der Waals surface area (Å²) in [6.45, 7) is 9.29. The second-order valence-electron chi connectivity index (χ2n) is 7.79. The molecule has 0 aliphatic heterocycles. The number of hydrogen-bond donors (Lipinski definition) is 2. The van der Waals surface area contributed by atoms with Crippen molar-refractivity contribution in [1.82, 2.24) is 15.6 Å². The Morgan fingerprint density at radius 1 is 1.39 bits per heavy atom. The number of aliphatic imine (C=N–C) groups is 1. The van der Waals surface area contributed by atoms with Gasteiger partial charge in [0.05, 0.1) is 6.20 Å². The molecule has 5 nitrogen and oxygen atoms in total. The van der Waals surface area contributed by atoms with E-state index in [-0.39, 0.29) is 47.2 Å². The molecule has 1 aromatic heterocycles. The van der Waals surface area contributed by atoms with E-state index in [2.05, 4.69) is 41.4 Å². The van der Waals surface area contributed by atoms with E-state index >= 15 is 0 Å². The molecule has 2 N–H and O–H groups in total. The van der Waals surface area contributed by atoms with Gasteiger partial charge < -0.3 is 15.1 Å². The van der Waals surface area contributed by atoms with Crippen LogP contribution < -0.4 is 10.6 Å². The van der Waals surface area contributed by atoms with Gasteiger partial charge in [0.2, 0.25) is 5.89 Å². The Bertz CT molecular complexity index is 814. The molecule has 1 saturated carbocycles. The molecule has 0 saturated heterocycles. The molecule has 2 aromatic rings. The maximum Gasteiger partial charge on any atom is 0.216 e. The van der Waals surface area contributed by atoms with Gasteiger partial charge in [0.1, 0.15) is 18.1 Å². The molecule has 0 amide bonds. The molecule has 2 unspecified atom stereocenters. The largest absolute Gasteiger partial charge is 0.443 e. The van der Waals surface area contributed by atoms with Crippen molar-refractivity contribution in [2.75, 3.05) is 6.54 Å². The number of benzene rings is 1. The molecule has 1 aromatic carbocycles. The van der Waals surface area contributed by atoms with Gasteiger partial charge in [-0.3, -0.25) is 0 Å². The second-order valence-corrected chi connectivity index (χ2v) is 8.20. The molecule has 1 heterocycles. The molecule has 1 fully saturated rings. The van der Waals surface area contributed by atoms with E-state index in [0.717, 1.165) is 18.7 Å². The van der Waals surface area contributed by atoms with E-state index in [0.29, 0.717) is 29.0 Å². The van der Waals surface area contributed by atoms with Crippen molar-refractivity contribution in [3.8, 4) is 0 Å². The summed E-state index contributed by atoms with van der Waals surface area (Å²) in [5.74, 6) is 1.86. The normalized spacial score (nSPS) is 19.1. The molecule has 0 bridgehead atoms. The van der Waals surface area contributed by atoms with Crippen LogP contribution in [-0.2, 0) is 12.0 Å². The minimum Gasteiger partial charge on any atom is -0.443 e. The lowest BCUT2D eigenvalue weighted by Gasteiger charge is -2.13. The highest BCUT2D eigenvalue weighted by molar-refractivity contribution is 14.0. The summed E-state index contributed by atoms with van der Waals surface area (Å²) in [7, 11) is 0. The fourth-order valence-corrected chi connectivity index (χ4v) is 3.21. The van der Waals surface area contributed by atoms with Crippen LogP contribution in [0.1, 0.15) is 57.2 Å². The maximum absolute atomic E-state index is 14.1. The average Bonchev–Trinajstić information content (AvgIpc) is 3.14. The minimum atomic E-state index is -0.256. The summed E-state index contributed by atoms with van der Waals surface area (Å²) in [5, 5.41) is 7.02. The van der Waals surface area contributed by atoms with Crippen LogP contribution in [0, 0.1) is 5.82 Å². The fraction of sp³-hybridized carbons (Fsp3) is 0.500. The van der Waals surface area contributed by atoms with Crippen molar-refractivity contribution in [3.05, 3.63) is 52.5 Å². The predicted molar refractivity (Wildman–Crippen MR) is 121 cm³/mol. The van der Waals surface area contributed by atoms with Crippen LogP contribution in [0.4, 0.5) is 4.39 Å². The quantitative estimate of drug-likeness (QED) is 0.331. The smallest absolute Gasteiger partial charge is 0.216 e. The van der Waals surface area contributed by atoms with Crippen LogP contribution in [0.25, 0.3) is 0 Å². The zero-order chi connectivity index (χ0) is 19.6. The van der Waals surface area contributed by atoms with Gasteiger partial charge in [-0.25, -0.2) is 14.4 Å². The molecule has 1 aliphatic rings. The van der Waals surface area contributed by atoms with Crippen molar-refractivity contribution in [3.63, 3.8) is 0 Å². The first-order valence-corrected chi connectivity index (χ1v) is 9.61. The van der Waals surface area contributed by atoms with E-state index < -0.39 is 0 Å². The minimum absolute atomic E-state index is 0. The van der Waals surface area contributed by atoms with Gasteiger partial charge in [-0.1, -0.05) is 38.4 Å².